The number of hydrogen-bond donors (Lipinski definition) is 2. The van der Waals surface area contributed by atoms with E-state index in [-0.39, 0.29) is 35.1 Å². The molecule has 1 aliphatic heterocycles. The van der Waals surface area contributed by atoms with Crippen LogP contribution >= 0.6 is 0 Å². The van der Waals surface area contributed by atoms with Crippen LogP contribution in [0, 0.1) is 17.0 Å². The zero-order chi connectivity index (χ0) is 26.2. The zero-order valence-electron chi connectivity index (χ0n) is 20.1. The summed E-state index contributed by atoms with van der Waals surface area (Å²) in [5, 5.41) is 3.29. The van der Waals surface area contributed by atoms with Gasteiger partial charge in [-0.3, -0.25) is 9.00 Å². The minimum Gasteiger partial charge on any atom is -0.760 e. The molecule has 11 heteroatoms. The Labute approximate surface area is 215 Å². The zero-order valence-corrected chi connectivity index (χ0v) is 20.9. The molecule has 37 heavy (non-hydrogen) atoms. The lowest BCUT2D eigenvalue weighted by Crippen LogP contribution is -2.62. The minimum atomic E-state index is -2.39. The Kier molecular flexibility index (Phi) is 7.13. The summed E-state index contributed by atoms with van der Waals surface area (Å²) in [6, 6.07) is 9.62. The Morgan fingerprint density at radius 1 is 1.11 bits per heavy atom. The van der Waals surface area contributed by atoms with E-state index in [2.05, 4.69) is 10.0 Å². The fraction of sp³-hybridized carbons (Fsp3) is 0.346. The van der Waals surface area contributed by atoms with E-state index in [1.165, 1.54) is 16.7 Å². The molecule has 5 rings (SSSR count). The standard InChI is InChI=1S/C26H27F2N3O5S/c1-31-13-20(24(10-25(31)32)35-18-11-26(12-18)14-29-15-26)19-8-16(6-7-30-37(33)34)2-4-22(19)36-23-5-3-17(27)9-21(23)28/h2-5,8-10,13,18,29-30H,6-7,11-12,14-15H2,1H3,(H,33,34)/p-1. The SMILES string of the molecule is Cn1cc(-c2cc(CCNS(=O)[O-])ccc2Oc2ccc(F)cc2F)c(OC2CC3(CNC3)C2)cc1=O. The summed E-state index contributed by atoms with van der Waals surface area (Å²) in [6.45, 7) is 2.10. The van der Waals surface area contributed by atoms with Crippen molar-refractivity contribution < 1.29 is 27.0 Å². The second kappa shape index (κ2) is 10.3. The lowest BCUT2D eigenvalue weighted by Gasteiger charge is -2.53. The van der Waals surface area contributed by atoms with Crippen LogP contribution in [0.1, 0.15) is 18.4 Å². The summed E-state index contributed by atoms with van der Waals surface area (Å²) in [4.78, 5) is 12.5. The van der Waals surface area contributed by atoms with Crippen LogP contribution in [0.5, 0.6) is 17.2 Å². The molecule has 2 aromatic carbocycles. The van der Waals surface area contributed by atoms with Gasteiger partial charge in [0.15, 0.2) is 11.6 Å². The van der Waals surface area contributed by atoms with Gasteiger partial charge in [0.25, 0.3) is 5.56 Å². The highest BCUT2D eigenvalue weighted by atomic mass is 32.2. The number of halogens is 2. The van der Waals surface area contributed by atoms with E-state index in [1.54, 1.807) is 31.4 Å². The smallest absolute Gasteiger partial charge is 0.254 e. The highest BCUT2D eigenvalue weighted by Crippen LogP contribution is 2.47. The first kappa shape index (κ1) is 25.5. The van der Waals surface area contributed by atoms with Crippen LogP contribution in [-0.2, 0) is 24.7 Å². The largest absolute Gasteiger partial charge is 0.760 e. The molecule has 1 atom stereocenters. The Morgan fingerprint density at radius 2 is 1.86 bits per heavy atom. The first-order chi connectivity index (χ1) is 17.7. The van der Waals surface area contributed by atoms with E-state index in [0.717, 1.165) is 43.6 Å². The van der Waals surface area contributed by atoms with Crippen molar-refractivity contribution in [1.82, 2.24) is 14.6 Å². The van der Waals surface area contributed by atoms with E-state index >= 15 is 0 Å². The third-order valence-electron chi connectivity index (χ3n) is 6.89. The molecule has 1 spiro atoms. The topological polar surface area (TPSA) is 105 Å². The minimum absolute atomic E-state index is 0.0358. The number of pyridine rings is 1. The van der Waals surface area contributed by atoms with E-state index in [1.807, 2.05) is 0 Å². The van der Waals surface area contributed by atoms with Crippen LogP contribution in [-0.4, -0.2) is 39.1 Å². The number of nitrogens with zero attached hydrogens (tertiary/aromatic N) is 1. The van der Waals surface area contributed by atoms with Crippen LogP contribution in [0.3, 0.4) is 0 Å². The molecule has 2 heterocycles. The summed E-state index contributed by atoms with van der Waals surface area (Å²) in [5.41, 5.74) is 1.89. The second-order valence-electron chi connectivity index (χ2n) is 9.64. The number of benzene rings is 2. The van der Waals surface area contributed by atoms with E-state index in [9.17, 15) is 22.3 Å². The second-order valence-corrected chi connectivity index (χ2v) is 10.4. The molecule has 1 saturated heterocycles. The Bertz CT molecular complexity index is 1400. The predicted molar refractivity (Wildman–Crippen MR) is 133 cm³/mol. The van der Waals surface area contributed by atoms with Gasteiger partial charge in [-0.2, -0.15) is 0 Å². The molecule has 3 aromatic rings. The van der Waals surface area contributed by atoms with Crippen molar-refractivity contribution in [2.75, 3.05) is 19.6 Å². The Hall–Kier alpha value is -3.12. The van der Waals surface area contributed by atoms with Crippen LogP contribution in [0.25, 0.3) is 11.1 Å². The molecule has 8 nitrogen and oxygen atoms in total. The van der Waals surface area contributed by atoms with Gasteiger partial charge in [-0.15, -0.1) is 0 Å². The van der Waals surface area contributed by atoms with Crippen molar-refractivity contribution >= 4 is 11.3 Å². The summed E-state index contributed by atoms with van der Waals surface area (Å²) in [5.74, 6) is -1.09. The van der Waals surface area contributed by atoms with Gasteiger partial charge in [0.2, 0.25) is 0 Å². The molecule has 2 N–H and O–H groups in total. The third kappa shape index (κ3) is 5.59. The fourth-order valence-corrected chi connectivity index (χ4v) is 5.10. The molecule has 2 fully saturated rings. The number of ether oxygens (including phenoxy) is 2. The quantitative estimate of drug-likeness (QED) is 0.412. The van der Waals surface area contributed by atoms with Crippen molar-refractivity contribution in [3.8, 4) is 28.4 Å². The average molecular weight is 531 g/mol. The normalized spacial score (nSPS) is 17.2. The predicted octanol–water partition coefficient (Wildman–Crippen LogP) is 3.18. The monoisotopic (exact) mass is 530 g/mol. The van der Waals surface area contributed by atoms with Crippen LogP contribution in [0.15, 0.2) is 53.5 Å². The van der Waals surface area contributed by atoms with Crippen molar-refractivity contribution in [3.63, 3.8) is 0 Å². The number of rotatable bonds is 9. The highest BCUT2D eigenvalue weighted by Gasteiger charge is 2.49. The Morgan fingerprint density at radius 3 is 2.54 bits per heavy atom. The van der Waals surface area contributed by atoms with E-state index in [0.29, 0.717) is 23.3 Å². The molecule has 1 aliphatic carbocycles. The van der Waals surface area contributed by atoms with Gasteiger partial charge < -0.3 is 23.9 Å². The van der Waals surface area contributed by atoms with Gasteiger partial charge in [0.1, 0.15) is 17.3 Å². The highest BCUT2D eigenvalue weighted by molar-refractivity contribution is 7.77. The van der Waals surface area contributed by atoms with Crippen molar-refractivity contribution in [2.24, 2.45) is 12.5 Å². The van der Waals surface area contributed by atoms with Gasteiger partial charge in [0.05, 0.1) is 6.10 Å². The molecule has 0 bridgehead atoms. The van der Waals surface area contributed by atoms with Gasteiger partial charge in [-0.25, -0.2) is 13.5 Å². The summed E-state index contributed by atoms with van der Waals surface area (Å²) in [6.07, 6.45) is 3.75. The lowest BCUT2D eigenvalue weighted by atomic mass is 9.63. The number of nitrogens with one attached hydrogen (secondary N) is 2. The first-order valence-corrected chi connectivity index (χ1v) is 13.0. The van der Waals surface area contributed by atoms with Gasteiger partial charge in [-0.05, 0) is 49.1 Å². The summed E-state index contributed by atoms with van der Waals surface area (Å²) in [7, 11) is 1.62. The number of hydrogen-bond acceptors (Lipinski definition) is 6. The Balaban J connectivity index is 1.52. The van der Waals surface area contributed by atoms with Gasteiger partial charge in [-0.1, -0.05) is 6.07 Å². The molecule has 0 radical (unpaired) electrons. The third-order valence-corrected chi connectivity index (χ3v) is 7.33. The molecule has 1 aromatic heterocycles. The first-order valence-electron chi connectivity index (χ1n) is 11.9. The number of aryl methyl sites for hydroxylation is 1. The maximum absolute atomic E-state index is 14.4. The van der Waals surface area contributed by atoms with Gasteiger partial charge in [0, 0.05) is 72.8 Å². The van der Waals surface area contributed by atoms with Crippen molar-refractivity contribution in [1.29, 1.82) is 0 Å². The molecule has 1 unspecified atom stereocenters. The molecular formula is C26H26F2N3O5S-. The van der Waals surface area contributed by atoms with E-state index in [4.69, 9.17) is 9.47 Å². The molecule has 196 valence electrons. The lowest BCUT2D eigenvalue weighted by molar-refractivity contribution is -0.0493. The maximum atomic E-state index is 14.4. The molecule has 2 aliphatic rings. The van der Waals surface area contributed by atoms with Crippen LogP contribution < -0.4 is 25.1 Å². The number of aromatic nitrogens is 1. The maximum Gasteiger partial charge on any atom is 0.254 e. The summed E-state index contributed by atoms with van der Waals surface area (Å²) >= 11 is -2.39. The van der Waals surface area contributed by atoms with Crippen molar-refractivity contribution in [2.45, 2.75) is 25.4 Å². The average Bonchev–Trinajstić information content (AvgIpc) is 2.79. The van der Waals surface area contributed by atoms with Gasteiger partial charge >= 0.3 is 0 Å². The van der Waals surface area contributed by atoms with Crippen molar-refractivity contribution in [3.05, 3.63) is 76.2 Å². The molecular weight excluding hydrogens is 504 g/mol. The van der Waals surface area contributed by atoms with Crippen LogP contribution in [0.4, 0.5) is 8.78 Å². The molecule has 0 amide bonds. The fourth-order valence-electron chi connectivity index (χ4n) is 4.84. The van der Waals surface area contributed by atoms with Crippen LogP contribution in [0.2, 0.25) is 0 Å². The molecule has 1 saturated carbocycles. The summed E-state index contributed by atoms with van der Waals surface area (Å²) < 4.78 is 65.5. The van der Waals surface area contributed by atoms with E-state index < -0.39 is 22.9 Å².